The zero-order valence-electron chi connectivity index (χ0n) is 13.7. The third kappa shape index (κ3) is 2.72. The molecule has 1 aliphatic heterocycles. The second-order valence-electron chi connectivity index (χ2n) is 6.49. The van der Waals surface area contributed by atoms with E-state index in [1.807, 2.05) is 29.0 Å². The number of amides is 1. The molecule has 7 nitrogen and oxygen atoms in total. The molecule has 1 saturated heterocycles. The van der Waals surface area contributed by atoms with Gasteiger partial charge in [0.05, 0.1) is 5.69 Å². The number of aromatic hydroxyl groups is 1. The summed E-state index contributed by atoms with van der Waals surface area (Å²) in [6.07, 6.45) is 1.10. The summed E-state index contributed by atoms with van der Waals surface area (Å²) in [7, 11) is -3.97. The van der Waals surface area contributed by atoms with E-state index in [9.17, 15) is 23.1 Å². The van der Waals surface area contributed by atoms with Crippen LogP contribution >= 0.6 is 0 Å². The standard InChI is InChI=1S/C18H16N2O5S/c21-16-8-11(5-6-15(16)20-10-17(22)19-26(20,24)25)7-13-9-12-3-1-2-4-14(12)18(13)23/h1-6,8,13,21H,7,9-10H2,(H,19,22). The smallest absolute Gasteiger partial charge is 0.326 e. The number of fused-ring (bicyclic) bond motifs is 1. The lowest BCUT2D eigenvalue weighted by Crippen LogP contribution is -2.29. The molecular formula is C18H16N2O5S. The molecule has 26 heavy (non-hydrogen) atoms. The SMILES string of the molecule is O=C1CN(c2ccc(CC3Cc4ccccc4C3=O)cc2O)S(=O)(=O)N1. The van der Waals surface area contributed by atoms with Crippen molar-refractivity contribution in [3.05, 3.63) is 59.2 Å². The van der Waals surface area contributed by atoms with Crippen molar-refractivity contribution >= 4 is 27.6 Å². The zero-order valence-corrected chi connectivity index (χ0v) is 14.5. The summed E-state index contributed by atoms with van der Waals surface area (Å²) in [5.41, 5.74) is 2.53. The summed E-state index contributed by atoms with van der Waals surface area (Å²) in [4.78, 5) is 23.8. The number of carbonyl (C=O) groups excluding carboxylic acids is 2. The summed E-state index contributed by atoms with van der Waals surface area (Å²) < 4.78 is 26.5. The van der Waals surface area contributed by atoms with Gasteiger partial charge in [0.15, 0.2) is 5.78 Å². The zero-order chi connectivity index (χ0) is 18.5. The monoisotopic (exact) mass is 372 g/mol. The van der Waals surface area contributed by atoms with E-state index in [0.717, 1.165) is 21.0 Å². The molecule has 0 saturated carbocycles. The van der Waals surface area contributed by atoms with Crippen molar-refractivity contribution in [2.45, 2.75) is 12.8 Å². The maximum Gasteiger partial charge on any atom is 0.326 e. The molecule has 4 rings (SSSR count). The van der Waals surface area contributed by atoms with E-state index in [0.29, 0.717) is 12.8 Å². The molecule has 0 radical (unpaired) electrons. The van der Waals surface area contributed by atoms with E-state index < -0.39 is 16.1 Å². The Kier molecular flexibility index (Phi) is 3.73. The first-order chi connectivity index (χ1) is 12.3. The number of phenols is 1. The lowest BCUT2D eigenvalue weighted by molar-refractivity contribution is -0.117. The second kappa shape index (κ2) is 5.84. The topological polar surface area (TPSA) is 104 Å². The van der Waals surface area contributed by atoms with Gasteiger partial charge in [-0.05, 0) is 36.1 Å². The van der Waals surface area contributed by atoms with Crippen LogP contribution in [-0.4, -0.2) is 31.8 Å². The van der Waals surface area contributed by atoms with Crippen molar-refractivity contribution in [2.75, 3.05) is 10.8 Å². The van der Waals surface area contributed by atoms with Gasteiger partial charge >= 0.3 is 10.2 Å². The van der Waals surface area contributed by atoms with Crippen LogP contribution in [0.2, 0.25) is 0 Å². The van der Waals surface area contributed by atoms with Gasteiger partial charge in [-0.25, -0.2) is 9.03 Å². The molecule has 134 valence electrons. The fraction of sp³-hybridized carbons (Fsp3) is 0.222. The van der Waals surface area contributed by atoms with Crippen LogP contribution in [0.4, 0.5) is 5.69 Å². The first-order valence-electron chi connectivity index (χ1n) is 8.12. The molecule has 2 N–H and O–H groups in total. The number of rotatable bonds is 3. The molecule has 2 aromatic rings. The summed E-state index contributed by atoms with van der Waals surface area (Å²) in [5, 5.41) is 10.3. The van der Waals surface area contributed by atoms with Crippen molar-refractivity contribution in [2.24, 2.45) is 5.92 Å². The van der Waals surface area contributed by atoms with Gasteiger partial charge in [0.25, 0.3) is 5.91 Å². The molecule has 8 heteroatoms. The van der Waals surface area contributed by atoms with E-state index >= 15 is 0 Å². The summed E-state index contributed by atoms with van der Waals surface area (Å²) in [6.45, 7) is -0.369. The molecule has 0 bridgehead atoms. The Morgan fingerprint density at radius 1 is 1.15 bits per heavy atom. The highest BCUT2D eigenvalue weighted by molar-refractivity contribution is 7.92. The second-order valence-corrected chi connectivity index (χ2v) is 8.08. The van der Waals surface area contributed by atoms with Crippen molar-refractivity contribution in [3.8, 4) is 5.75 Å². The Morgan fingerprint density at radius 3 is 2.58 bits per heavy atom. The lowest BCUT2D eigenvalue weighted by Gasteiger charge is -2.17. The van der Waals surface area contributed by atoms with Gasteiger partial charge in [-0.2, -0.15) is 8.42 Å². The van der Waals surface area contributed by atoms with Crippen LogP contribution < -0.4 is 9.03 Å². The van der Waals surface area contributed by atoms with E-state index in [-0.39, 0.29) is 29.7 Å². The molecule has 1 fully saturated rings. The molecule has 2 aromatic carbocycles. The van der Waals surface area contributed by atoms with Crippen LogP contribution in [0.1, 0.15) is 21.5 Å². The Hall–Kier alpha value is -2.87. The average Bonchev–Trinajstić information content (AvgIpc) is 3.04. The number of ketones is 1. The molecule has 1 heterocycles. The van der Waals surface area contributed by atoms with Crippen LogP contribution in [0.3, 0.4) is 0 Å². The number of benzene rings is 2. The molecule has 2 aliphatic rings. The summed E-state index contributed by atoms with van der Waals surface area (Å²) in [6, 6.07) is 12.1. The Morgan fingerprint density at radius 2 is 1.92 bits per heavy atom. The van der Waals surface area contributed by atoms with Crippen LogP contribution in [0, 0.1) is 5.92 Å². The lowest BCUT2D eigenvalue weighted by atomic mass is 9.95. The van der Waals surface area contributed by atoms with Gasteiger partial charge < -0.3 is 5.11 Å². The van der Waals surface area contributed by atoms with E-state index in [2.05, 4.69) is 0 Å². The Bertz CT molecular complexity index is 1030. The number of phenolic OH excluding ortho intramolecular Hbond substituents is 1. The largest absolute Gasteiger partial charge is 0.506 e. The maximum absolute atomic E-state index is 12.5. The molecular weight excluding hydrogens is 356 g/mol. The minimum absolute atomic E-state index is 0.0353. The highest BCUT2D eigenvalue weighted by Gasteiger charge is 2.36. The molecule has 1 amide bonds. The first kappa shape index (κ1) is 16.6. The number of hydrogen-bond donors (Lipinski definition) is 2. The van der Waals surface area contributed by atoms with E-state index in [1.165, 1.54) is 12.1 Å². The van der Waals surface area contributed by atoms with Crippen LogP contribution in [0.25, 0.3) is 0 Å². The quantitative estimate of drug-likeness (QED) is 0.842. The van der Waals surface area contributed by atoms with Crippen molar-refractivity contribution in [3.63, 3.8) is 0 Å². The minimum atomic E-state index is -3.97. The predicted molar refractivity (Wildman–Crippen MR) is 94.2 cm³/mol. The van der Waals surface area contributed by atoms with Gasteiger partial charge in [-0.1, -0.05) is 30.3 Å². The fourth-order valence-corrected chi connectivity index (χ4v) is 4.70. The molecule has 0 aromatic heterocycles. The Balaban J connectivity index is 1.56. The van der Waals surface area contributed by atoms with Crippen molar-refractivity contribution in [1.29, 1.82) is 0 Å². The predicted octanol–water partition coefficient (Wildman–Crippen LogP) is 1.17. The van der Waals surface area contributed by atoms with Gasteiger partial charge in [-0.15, -0.1) is 0 Å². The van der Waals surface area contributed by atoms with E-state index in [4.69, 9.17) is 0 Å². The summed E-state index contributed by atoms with van der Waals surface area (Å²) in [5.74, 6) is -1.01. The van der Waals surface area contributed by atoms with Crippen molar-refractivity contribution in [1.82, 2.24) is 4.72 Å². The normalized spacial score (nSPS) is 20.9. The maximum atomic E-state index is 12.5. The fourth-order valence-electron chi connectivity index (χ4n) is 3.53. The van der Waals surface area contributed by atoms with E-state index in [1.54, 1.807) is 6.07 Å². The number of hydrogen-bond acceptors (Lipinski definition) is 5. The number of nitrogens with one attached hydrogen (secondary N) is 1. The van der Waals surface area contributed by atoms with Gasteiger partial charge in [0.1, 0.15) is 12.3 Å². The van der Waals surface area contributed by atoms with Crippen LogP contribution in [0.15, 0.2) is 42.5 Å². The number of anilines is 1. The number of carbonyl (C=O) groups is 2. The third-order valence-electron chi connectivity index (χ3n) is 4.73. The molecule has 1 unspecified atom stereocenters. The minimum Gasteiger partial charge on any atom is -0.506 e. The van der Waals surface area contributed by atoms with Gasteiger partial charge in [-0.3, -0.25) is 9.59 Å². The van der Waals surface area contributed by atoms with Crippen LogP contribution in [0.5, 0.6) is 5.75 Å². The highest BCUT2D eigenvalue weighted by atomic mass is 32.2. The van der Waals surface area contributed by atoms with Gasteiger partial charge in [0.2, 0.25) is 0 Å². The van der Waals surface area contributed by atoms with Crippen molar-refractivity contribution < 1.29 is 23.1 Å². The average molecular weight is 372 g/mol. The van der Waals surface area contributed by atoms with Crippen LogP contribution in [-0.2, 0) is 27.8 Å². The number of nitrogens with zero attached hydrogens (tertiary/aromatic N) is 1. The molecule has 1 atom stereocenters. The Labute approximate surface area is 150 Å². The summed E-state index contributed by atoms with van der Waals surface area (Å²) >= 11 is 0. The molecule has 1 aliphatic carbocycles. The van der Waals surface area contributed by atoms with Gasteiger partial charge in [0, 0.05) is 11.5 Å². The number of Topliss-reactive ketones (excluding diaryl/α,β-unsaturated/α-hetero) is 1. The first-order valence-corrected chi connectivity index (χ1v) is 9.56. The third-order valence-corrected chi connectivity index (χ3v) is 6.12. The highest BCUT2D eigenvalue weighted by Crippen LogP contribution is 2.34. The molecule has 0 spiro atoms.